The molecule has 9 heteroatoms. The van der Waals surface area contributed by atoms with Crippen molar-refractivity contribution < 1.29 is 9.31 Å². The van der Waals surface area contributed by atoms with E-state index in [9.17, 15) is 4.79 Å². The van der Waals surface area contributed by atoms with Crippen LogP contribution >= 0.6 is 11.6 Å². The van der Waals surface area contributed by atoms with Crippen LogP contribution in [0.4, 0.5) is 5.95 Å². The predicted octanol–water partition coefficient (Wildman–Crippen LogP) is 3.11. The summed E-state index contributed by atoms with van der Waals surface area (Å²) in [6.45, 7) is 9.93. The standard InChI is InChI=1S/C21H26BClN4O3/c1-20(2)21(3,4)30-22(29-20)16-9-11-26(12-10-16)18-24-14-27(19(28)25-18)13-15-5-7-17(23)8-6-15/h5-9,14H,10-13H2,1-4H3. The molecule has 0 radical (unpaired) electrons. The number of halogens is 1. The first-order chi connectivity index (χ1) is 14.1. The van der Waals surface area contributed by atoms with Gasteiger partial charge in [-0.2, -0.15) is 4.98 Å². The second kappa shape index (κ2) is 7.83. The zero-order chi connectivity index (χ0) is 21.5. The zero-order valence-electron chi connectivity index (χ0n) is 17.8. The van der Waals surface area contributed by atoms with Gasteiger partial charge in [-0.25, -0.2) is 9.78 Å². The third-order valence-electron chi connectivity index (χ3n) is 6.10. The van der Waals surface area contributed by atoms with Gasteiger partial charge in [-0.1, -0.05) is 29.8 Å². The van der Waals surface area contributed by atoms with Crippen molar-refractivity contribution in [1.29, 1.82) is 0 Å². The van der Waals surface area contributed by atoms with Gasteiger partial charge < -0.3 is 14.2 Å². The summed E-state index contributed by atoms with van der Waals surface area (Å²) in [6.07, 6.45) is 4.41. The molecule has 1 saturated heterocycles. The summed E-state index contributed by atoms with van der Waals surface area (Å²) < 4.78 is 13.8. The lowest BCUT2D eigenvalue weighted by Crippen LogP contribution is -2.41. The summed E-state index contributed by atoms with van der Waals surface area (Å²) in [5, 5.41) is 0.663. The van der Waals surface area contributed by atoms with Crippen molar-refractivity contribution in [3.8, 4) is 0 Å². The molecule has 0 bridgehead atoms. The van der Waals surface area contributed by atoms with Crippen molar-refractivity contribution >= 4 is 24.7 Å². The van der Waals surface area contributed by atoms with Gasteiger partial charge in [0.25, 0.3) is 0 Å². The van der Waals surface area contributed by atoms with Gasteiger partial charge in [-0.15, -0.1) is 0 Å². The molecule has 0 aliphatic carbocycles. The maximum Gasteiger partial charge on any atom is 0.490 e. The van der Waals surface area contributed by atoms with Crippen molar-refractivity contribution in [3.63, 3.8) is 0 Å². The van der Waals surface area contributed by atoms with E-state index in [1.54, 1.807) is 18.5 Å². The quantitative estimate of drug-likeness (QED) is 0.697. The molecule has 0 N–H and O–H groups in total. The van der Waals surface area contributed by atoms with Crippen LogP contribution < -0.4 is 10.6 Å². The van der Waals surface area contributed by atoms with Crippen LogP contribution in [0.25, 0.3) is 0 Å². The molecule has 0 atom stereocenters. The number of anilines is 1. The maximum absolute atomic E-state index is 12.5. The second-order valence-corrected chi connectivity index (χ2v) is 9.19. The molecule has 2 aliphatic heterocycles. The number of nitrogens with zero attached hydrogens (tertiary/aromatic N) is 4. The Bertz CT molecular complexity index is 1000. The van der Waals surface area contributed by atoms with E-state index in [0.717, 1.165) is 17.5 Å². The second-order valence-electron chi connectivity index (χ2n) is 8.76. The van der Waals surface area contributed by atoms with E-state index in [0.29, 0.717) is 30.6 Å². The first kappa shape index (κ1) is 21.1. The minimum absolute atomic E-state index is 0.323. The first-order valence-electron chi connectivity index (χ1n) is 10.1. The van der Waals surface area contributed by atoms with Gasteiger partial charge >= 0.3 is 12.8 Å². The van der Waals surface area contributed by atoms with Crippen molar-refractivity contribution in [3.05, 3.63) is 63.2 Å². The molecule has 1 aromatic carbocycles. The predicted molar refractivity (Wildman–Crippen MR) is 118 cm³/mol. The van der Waals surface area contributed by atoms with Crippen molar-refractivity contribution in [1.82, 2.24) is 14.5 Å². The van der Waals surface area contributed by atoms with E-state index < -0.39 is 0 Å². The van der Waals surface area contributed by atoms with E-state index in [1.165, 1.54) is 4.57 Å². The Labute approximate surface area is 181 Å². The van der Waals surface area contributed by atoms with Crippen molar-refractivity contribution in [2.45, 2.75) is 51.9 Å². The highest BCUT2D eigenvalue weighted by Crippen LogP contribution is 2.39. The highest BCUT2D eigenvalue weighted by atomic mass is 35.5. The minimum atomic E-state index is -0.354. The Morgan fingerprint density at radius 3 is 2.37 bits per heavy atom. The van der Waals surface area contributed by atoms with Crippen molar-refractivity contribution in [2.75, 3.05) is 18.0 Å². The van der Waals surface area contributed by atoms with E-state index in [1.807, 2.05) is 17.0 Å². The third kappa shape index (κ3) is 4.17. The molecule has 0 saturated carbocycles. The first-order valence-corrected chi connectivity index (χ1v) is 10.5. The largest absolute Gasteiger partial charge is 0.490 e. The van der Waals surface area contributed by atoms with Crippen LogP contribution in [0.1, 0.15) is 39.7 Å². The summed E-state index contributed by atoms with van der Waals surface area (Å²) >= 11 is 5.91. The SMILES string of the molecule is CC1(C)OB(C2=CCN(c3ncn(Cc4ccc(Cl)cc4)c(=O)n3)CC2)OC1(C)C. The normalized spacial score (nSPS) is 20.4. The van der Waals surface area contributed by atoms with Crippen LogP contribution in [0, 0.1) is 0 Å². The molecular weight excluding hydrogens is 403 g/mol. The molecule has 3 heterocycles. The van der Waals surface area contributed by atoms with E-state index >= 15 is 0 Å². The fraction of sp³-hybridized carbons (Fsp3) is 0.476. The van der Waals surface area contributed by atoms with Gasteiger partial charge in [0.1, 0.15) is 6.33 Å². The highest BCUT2D eigenvalue weighted by Gasteiger charge is 2.52. The van der Waals surface area contributed by atoms with Crippen LogP contribution in [0.5, 0.6) is 0 Å². The van der Waals surface area contributed by atoms with E-state index in [-0.39, 0.29) is 24.0 Å². The maximum atomic E-state index is 12.5. The molecule has 0 unspecified atom stereocenters. The molecule has 1 fully saturated rings. The average molecular weight is 429 g/mol. The summed E-state index contributed by atoms with van der Waals surface area (Å²) in [4.78, 5) is 23.1. The van der Waals surface area contributed by atoms with Gasteiger partial charge in [0.15, 0.2) is 0 Å². The molecule has 2 aromatic rings. The molecule has 0 amide bonds. The number of rotatable bonds is 4. The lowest BCUT2D eigenvalue weighted by atomic mass is 9.75. The van der Waals surface area contributed by atoms with E-state index in [4.69, 9.17) is 20.9 Å². The zero-order valence-corrected chi connectivity index (χ0v) is 18.5. The third-order valence-corrected chi connectivity index (χ3v) is 6.36. The highest BCUT2D eigenvalue weighted by molar-refractivity contribution is 6.54. The van der Waals surface area contributed by atoms with E-state index in [2.05, 4.69) is 43.7 Å². The van der Waals surface area contributed by atoms with Crippen LogP contribution in [0.3, 0.4) is 0 Å². The lowest BCUT2D eigenvalue weighted by Gasteiger charge is -2.32. The topological polar surface area (TPSA) is 69.5 Å². The number of hydrogen-bond acceptors (Lipinski definition) is 6. The Morgan fingerprint density at radius 1 is 1.13 bits per heavy atom. The fourth-order valence-corrected chi connectivity index (χ4v) is 3.60. The van der Waals surface area contributed by atoms with Crippen LogP contribution in [-0.4, -0.2) is 45.9 Å². The van der Waals surface area contributed by atoms with Gasteiger partial charge in [0, 0.05) is 18.1 Å². The summed E-state index contributed by atoms with van der Waals surface area (Å²) in [6, 6.07) is 7.37. The Hall–Kier alpha value is -2.16. The number of aromatic nitrogens is 3. The van der Waals surface area contributed by atoms with Gasteiger partial charge in [0.05, 0.1) is 17.7 Å². The van der Waals surface area contributed by atoms with Crippen LogP contribution in [-0.2, 0) is 15.9 Å². The molecule has 4 rings (SSSR count). The minimum Gasteiger partial charge on any atom is -0.400 e. The Morgan fingerprint density at radius 2 is 1.80 bits per heavy atom. The smallest absolute Gasteiger partial charge is 0.400 e. The van der Waals surface area contributed by atoms with Crippen LogP contribution in [0.2, 0.25) is 5.02 Å². The fourth-order valence-electron chi connectivity index (χ4n) is 3.47. The Balaban J connectivity index is 1.43. The summed E-state index contributed by atoms with van der Waals surface area (Å²) in [7, 11) is -0.328. The lowest BCUT2D eigenvalue weighted by molar-refractivity contribution is 0.00578. The van der Waals surface area contributed by atoms with Crippen molar-refractivity contribution in [2.24, 2.45) is 0 Å². The molecule has 158 valence electrons. The molecule has 2 aliphatic rings. The molecule has 30 heavy (non-hydrogen) atoms. The number of hydrogen-bond donors (Lipinski definition) is 0. The Kier molecular flexibility index (Phi) is 5.51. The molecule has 1 aromatic heterocycles. The van der Waals surface area contributed by atoms with Gasteiger partial charge in [0.2, 0.25) is 5.95 Å². The van der Waals surface area contributed by atoms with Gasteiger partial charge in [-0.05, 0) is 57.3 Å². The molecular formula is C21H26BClN4O3. The summed E-state index contributed by atoms with van der Waals surface area (Å²) in [5.41, 5.74) is 1.06. The molecule has 7 nitrogen and oxygen atoms in total. The summed E-state index contributed by atoms with van der Waals surface area (Å²) in [5.74, 6) is 0.441. The monoisotopic (exact) mass is 428 g/mol. The average Bonchev–Trinajstić information content (AvgIpc) is 2.92. The van der Waals surface area contributed by atoms with Gasteiger partial charge in [-0.3, -0.25) is 4.57 Å². The molecule has 0 spiro atoms. The van der Waals surface area contributed by atoms with Crippen LogP contribution in [0.15, 0.2) is 46.9 Å². The number of benzene rings is 1.